The highest BCUT2D eigenvalue weighted by Gasteiger charge is 2.47. The van der Waals surface area contributed by atoms with Gasteiger partial charge in [-0.1, -0.05) is 44.5 Å². The van der Waals surface area contributed by atoms with Gasteiger partial charge in [-0.25, -0.2) is 4.39 Å². The van der Waals surface area contributed by atoms with Crippen molar-refractivity contribution in [2.75, 3.05) is 6.79 Å². The minimum absolute atomic E-state index is 0.115. The third-order valence-corrected chi connectivity index (χ3v) is 7.62. The average Bonchev–Trinajstić information content (AvgIpc) is 3.55. The lowest BCUT2D eigenvalue weighted by molar-refractivity contribution is -0.137. The van der Waals surface area contributed by atoms with Gasteiger partial charge in [0.2, 0.25) is 30.4 Å². The molecule has 0 aromatic heterocycles. The van der Waals surface area contributed by atoms with Crippen molar-refractivity contribution in [3.63, 3.8) is 0 Å². The second kappa shape index (κ2) is 13.9. The van der Waals surface area contributed by atoms with Crippen molar-refractivity contribution in [3.05, 3.63) is 78.1 Å². The number of nitrogens with one attached hydrogen (secondary N) is 3. The van der Waals surface area contributed by atoms with Crippen LogP contribution in [0.3, 0.4) is 0 Å². The van der Waals surface area contributed by atoms with Gasteiger partial charge in [0.25, 0.3) is 0 Å². The third kappa shape index (κ3) is 7.54. The number of imide groups is 1. The number of hydrogen-bond acceptors (Lipinski definition) is 7. The van der Waals surface area contributed by atoms with Crippen molar-refractivity contribution >= 4 is 35.5 Å². The normalized spacial score (nSPS) is 19.4. The summed E-state index contributed by atoms with van der Waals surface area (Å²) in [6.45, 7) is 7.18. The second-order valence-electron chi connectivity index (χ2n) is 10.5. The number of halogens is 1. The van der Waals surface area contributed by atoms with Gasteiger partial charge in [-0.3, -0.25) is 29.3 Å². The van der Waals surface area contributed by atoms with E-state index >= 15 is 0 Å². The molecule has 1 fully saturated rings. The predicted octanol–water partition coefficient (Wildman–Crippen LogP) is 3.38. The highest BCUT2D eigenvalue weighted by Crippen LogP contribution is 2.33. The van der Waals surface area contributed by atoms with Crippen LogP contribution in [-0.2, 0) is 24.0 Å². The minimum Gasteiger partial charge on any atom is -0.454 e. The number of allylic oxidation sites excluding steroid dienone is 1. The van der Waals surface area contributed by atoms with Crippen LogP contribution in [0.4, 0.5) is 4.39 Å². The molecule has 0 radical (unpaired) electrons. The molecule has 4 rings (SSSR count). The van der Waals surface area contributed by atoms with Crippen molar-refractivity contribution in [2.45, 2.75) is 45.2 Å². The standard InChI is InChI=1S/C32H34FN3O7/c1-4-7-20(5-2)29(30(39)28-18(3)31(40)36-32(28)41)35-27(38)16-23(21-8-6-9-22(33)15-21)34-26(37)13-11-19-10-12-24-25(14-19)43-17-42-24/h4,6,8-15,18,20,23,28-29H,1,5,7,16-17H2,2-3H3,(H,34,37)(H,35,38)(H,36,40,41)/b13-11+/t18-,20?,23?,28+,29?/m0/s1. The Morgan fingerprint density at radius 1 is 1.09 bits per heavy atom. The fourth-order valence-electron chi connectivity index (χ4n) is 5.24. The summed E-state index contributed by atoms with van der Waals surface area (Å²) < 4.78 is 24.8. The average molecular weight is 592 g/mol. The van der Waals surface area contributed by atoms with E-state index in [2.05, 4.69) is 22.5 Å². The summed E-state index contributed by atoms with van der Waals surface area (Å²) in [6, 6.07) is 8.64. The van der Waals surface area contributed by atoms with E-state index in [1.54, 1.807) is 36.4 Å². The van der Waals surface area contributed by atoms with Gasteiger partial charge >= 0.3 is 0 Å². The second-order valence-corrected chi connectivity index (χ2v) is 10.5. The summed E-state index contributed by atoms with van der Waals surface area (Å²) in [5.41, 5.74) is 1.02. The third-order valence-electron chi connectivity index (χ3n) is 7.62. The molecule has 3 unspecified atom stereocenters. The Hall–Kier alpha value is -4.80. The quantitative estimate of drug-likeness (QED) is 0.140. The van der Waals surface area contributed by atoms with Gasteiger partial charge < -0.3 is 20.1 Å². The summed E-state index contributed by atoms with van der Waals surface area (Å²) in [7, 11) is 0. The van der Waals surface area contributed by atoms with Crippen LogP contribution in [0.25, 0.3) is 6.08 Å². The summed E-state index contributed by atoms with van der Waals surface area (Å²) in [4.78, 5) is 64.4. The maximum absolute atomic E-state index is 14.1. The van der Waals surface area contributed by atoms with E-state index in [4.69, 9.17) is 9.47 Å². The lowest BCUT2D eigenvalue weighted by Crippen LogP contribution is -2.50. The van der Waals surface area contributed by atoms with Gasteiger partial charge in [0.15, 0.2) is 17.3 Å². The summed E-state index contributed by atoms with van der Waals surface area (Å²) in [5.74, 6) is -4.87. The number of ether oxygens (including phenoxy) is 2. The Morgan fingerprint density at radius 2 is 1.86 bits per heavy atom. The zero-order valence-corrected chi connectivity index (χ0v) is 23.9. The maximum Gasteiger partial charge on any atom is 0.244 e. The number of amides is 4. The first kappa shape index (κ1) is 31.1. The van der Waals surface area contributed by atoms with E-state index in [9.17, 15) is 28.4 Å². The lowest BCUT2D eigenvalue weighted by Gasteiger charge is -2.28. The van der Waals surface area contributed by atoms with Crippen LogP contribution in [0, 0.1) is 23.6 Å². The molecule has 2 aliphatic heterocycles. The molecule has 0 aliphatic carbocycles. The molecule has 4 amide bonds. The number of rotatable bonds is 13. The van der Waals surface area contributed by atoms with Crippen molar-refractivity contribution < 1.29 is 37.8 Å². The van der Waals surface area contributed by atoms with Gasteiger partial charge in [0.1, 0.15) is 11.7 Å². The maximum atomic E-state index is 14.1. The predicted molar refractivity (Wildman–Crippen MR) is 155 cm³/mol. The molecule has 10 nitrogen and oxygen atoms in total. The molecule has 11 heteroatoms. The first-order valence-electron chi connectivity index (χ1n) is 14.0. The van der Waals surface area contributed by atoms with Gasteiger partial charge in [0, 0.05) is 6.08 Å². The van der Waals surface area contributed by atoms with E-state index in [-0.39, 0.29) is 13.2 Å². The fraction of sp³-hybridized carbons (Fsp3) is 0.344. The van der Waals surface area contributed by atoms with Gasteiger partial charge in [-0.15, -0.1) is 6.58 Å². The molecule has 5 atom stereocenters. The number of carbonyl (C=O) groups is 5. The molecule has 2 aromatic rings. The highest BCUT2D eigenvalue weighted by atomic mass is 19.1. The van der Waals surface area contributed by atoms with E-state index in [1.807, 2.05) is 6.92 Å². The number of fused-ring (bicyclic) bond motifs is 1. The topological polar surface area (TPSA) is 140 Å². The molecule has 2 aliphatic rings. The first-order valence-corrected chi connectivity index (χ1v) is 14.0. The van der Waals surface area contributed by atoms with Crippen LogP contribution in [0.1, 0.15) is 50.3 Å². The number of carbonyl (C=O) groups excluding carboxylic acids is 5. The van der Waals surface area contributed by atoms with E-state index < -0.39 is 65.1 Å². The molecule has 43 heavy (non-hydrogen) atoms. The lowest BCUT2D eigenvalue weighted by atomic mass is 9.81. The Balaban J connectivity index is 1.52. The molecule has 226 valence electrons. The molecule has 0 spiro atoms. The van der Waals surface area contributed by atoms with Crippen molar-refractivity contribution in [1.29, 1.82) is 0 Å². The van der Waals surface area contributed by atoms with Crippen LogP contribution in [0.2, 0.25) is 0 Å². The molecule has 0 bridgehead atoms. The van der Waals surface area contributed by atoms with Crippen LogP contribution < -0.4 is 25.4 Å². The largest absolute Gasteiger partial charge is 0.454 e. The van der Waals surface area contributed by atoms with E-state index in [1.165, 1.54) is 31.2 Å². The zero-order valence-electron chi connectivity index (χ0n) is 23.9. The molecular formula is C32H34FN3O7. The summed E-state index contributed by atoms with van der Waals surface area (Å²) >= 11 is 0. The summed E-state index contributed by atoms with van der Waals surface area (Å²) in [6.07, 6.45) is 4.98. The number of ketones is 1. The highest BCUT2D eigenvalue weighted by molar-refractivity contribution is 6.16. The van der Waals surface area contributed by atoms with Crippen molar-refractivity contribution in [1.82, 2.24) is 16.0 Å². The fourth-order valence-corrected chi connectivity index (χ4v) is 5.24. The van der Waals surface area contributed by atoms with Crippen LogP contribution in [0.5, 0.6) is 11.5 Å². The van der Waals surface area contributed by atoms with E-state index in [0.717, 1.165) is 0 Å². The molecule has 2 heterocycles. The van der Waals surface area contributed by atoms with Crippen LogP contribution >= 0.6 is 0 Å². The van der Waals surface area contributed by atoms with Gasteiger partial charge in [-0.2, -0.15) is 0 Å². The molecule has 1 saturated heterocycles. The number of Topliss-reactive ketones (excluding diaryl/α,β-unsaturated/α-hetero) is 1. The summed E-state index contributed by atoms with van der Waals surface area (Å²) in [5, 5.41) is 7.66. The van der Waals surface area contributed by atoms with Crippen molar-refractivity contribution in [3.8, 4) is 11.5 Å². The van der Waals surface area contributed by atoms with Crippen molar-refractivity contribution in [2.24, 2.45) is 17.8 Å². The zero-order chi connectivity index (χ0) is 31.1. The molecule has 0 saturated carbocycles. The first-order chi connectivity index (χ1) is 20.6. The van der Waals surface area contributed by atoms with Gasteiger partial charge in [-0.05, 0) is 53.8 Å². The monoisotopic (exact) mass is 591 g/mol. The number of hydrogen-bond donors (Lipinski definition) is 3. The molecular weight excluding hydrogens is 557 g/mol. The Labute approximate surface area is 248 Å². The van der Waals surface area contributed by atoms with E-state index in [0.29, 0.717) is 35.5 Å². The van der Waals surface area contributed by atoms with Crippen LogP contribution in [-0.4, -0.2) is 42.2 Å². The smallest absolute Gasteiger partial charge is 0.244 e. The Kier molecular flexibility index (Phi) is 10.1. The Bertz CT molecular complexity index is 1460. The minimum atomic E-state index is -1.24. The van der Waals surface area contributed by atoms with Gasteiger partial charge in [0.05, 0.1) is 24.4 Å². The number of benzene rings is 2. The van der Waals surface area contributed by atoms with Crippen LogP contribution in [0.15, 0.2) is 61.2 Å². The molecule has 2 aromatic carbocycles. The molecule has 3 N–H and O–H groups in total. The Morgan fingerprint density at radius 3 is 2.53 bits per heavy atom. The SMILES string of the molecule is C=CCC(CC)C(NC(=O)CC(NC(=O)/C=C/c1ccc2c(c1)OCO2)c1cccc(F)c1)C(=O)[C@@H]1C(=O)NC(=O)[C@H]1C.